The van der Waals surface area contributed by atoms with Crippen molar-refractivity contribution >= 4 is 17.8 Å². The standard InChI is InChI=1S/C26H28N4O6/c1-4-13-27-24(31)16-36-17-14-22(18-9-7-11-20(28-18)25(32)34-5-2)30-23(15-17)19-10-8-12-21(29-19)26(33)35-6-3/h7-12,14-15H,4-6,13,16H2,1-3H3,(H,27,31). The molecule has 3 aromatic rings. The number of nitrogens with zero attached hydrogens (tertiary/aromatic N) is 3. The first-order valence-corrected chi connectivity index (χ1v) is 11.7. The van der Waals surface area contributed by atoms with Gasteiger partial charge in [0.05, 0.1) is 36.0 Å². The smallest absolute Gasteiger partial charge is 0.356 e. The van der Waals surface area contributed by atoms with Crippen molar-refractivity contribution in [2.24, 2.45) is 0 Å². The topological polar surface area (TPSA) is 130 Å². The molecule has 0 atom stereocenters. The lowest BCUT2D eigenvalue weighted by Crippen LogP contribution is -2.29. The van der Waals surface area contributed by atoms with E-state index in [2.05, 4.69) is 20.3 Å². The van der Waals surface area contributed by atoms with Crippen molar-refractivity contribution in [1.82, 2.24) is 20.3 Å². The second-order valence-electron chi connectivity index (χ2n) is 7.47. The lowest BCUT2D eigenvalue weighted by molar-refractivity contribution is -0.123. The number of pyridine rings is 3. The number of carbonyl (C=O) groups excluding carboxylic acids is 3. The van der Waals surface area contributed by atoms with Crippen molar-refractivity contribution in [3.8, 4) is 28.5 Å². The van der Waals surface area contributed by atoms with E-state index < -0.39 is 11.9 Å². The maximum Gasteiger partial charge on any atom is 0.356 e. The van der Waals surface area contributed by atoms with Gasteiger partial charge in [-0.2, -0.15) is 0 Å². The number of nitrogens with one attached hydrogen (secondary N) is 1. The summed E-state index contributed by atoms with van der Waals surface area (Å²) in [5.41, 5.74) is 1.81. The zero-order chi connectivity index (χ0) is 25.9. The summed E-state index contributed by atoms with van der Waals surface area (Å²) in [7, 11) is 0. The molecule has 0 spiro atoms. The highest BCUT2D eigenvalue weighted by Gasteiger charge is 2.16. The van der Waals surface area contributed by atoms with Gasteiger partial charge in [-0.25, -0.2) is 24.5 Å². The molecule has 10 heteroatoms. The highest BCUT2D eigenvalue weighted by Crippen LogP contribution is 2.27. The Morgan fingerprint density at radius 2 is 1.28 bits per heavy atom. The molecule has 36 heavy (non-hydrogen) atoms. The normalized spacial score (nSPS) is 10.4. The second kappa shape index (κ2) is 12.9. The van der Waals surface area contributed by atoms with Crippen LogP contribution in [0.15, 0.2) is 48.5 Å². The van der Waals surface area contributed by atoms with Crippen LogP contribution in [0.25, 0.3) is 22.8 Å². The highest BCUT2D eigenvalue weighted by atomic mass is 16.5. The summed E-state index contributed by atoms with van der Waals surface area (Å²) >= 11 is 0. The minimum absolute atomic E-state index is 0.130. The largest absolute Gasteiger partial charge is 0.484 e. The molecule has 0 fully saturated rings. The fraction of sp³-hybridized carbons (Fsp3) is 0.308. The SMILES string of the molecule is CCCNC(=O)COc1cc(-c2cccc(C(=O)OCC)n2)nc(-c2cccc(C(=O)OCC)n2)c1. The first-order valence-electron chi connectivity index (χ1n) is 11.7. The number of hydrogen-bond acceptors (Lipinski definition) is 9. The Hall–Kier alpha value is -4.34. The van der Waals surface area contributed by atoms with Crippen LogP contribution in [-0.2, 0) is 14.3 Å². The minimum Gasteiger partial charge on any atom is -0.484 e. The van der Waals surface area contributed by atoms with E-state index in [1.165, 1.54) is 0 Å². The molecule has 3 aromatic heterocycles. The predicted molar refractivity (Wildman–Crippen MR) is 131 cm³/mol. The first kappa shape index (κ1) is 26.3. The molecule has 0 unspecified atom stereocenters. The van der Waals surface area contributed by atoms with Gasteiger partial charge >= 0.3 is 11.9 Å². The molecule has 0 aliphatic rings. The molecule has 188 valence electrons. The number of aromatic nitrogens is 3. The van der Waals surface area contributed by atoms with Crippen LogP contribution in [0.5, 0.6) is 5.75 Å². The molecule has 3 rings (SSSR count). The van der Waals surface area contributed by atoms with Crippen LogP contribution >= 0.6 is 0 Å². The number of esters is 2. The van der Waals surface area contributed by atoms with E-state index in [9.17, 15) is 14.4 Å². The van der Waals surface area contributed by atoms with Crippen molar-refractivity contribution in [3.05, 3.63) is 59.9 Å². The predicted octanol–water partition coefficient (Wildman–Crippen LogP) is 3.46. The maximum atomic E-state index is 12.2. The van der Waals surface area contributed by atoms with Gasteiger partial charge in [0.1, 0.15) is 17.1 Å². The molecular weight excluding hydrogens is 464 g/mol. The van der Waals surface area contributed by atoms with Crippen molar-refractivity contribution in [1.29, 1.82) is 0 Å². The summed E-state index contributed by atoms with van der Waals surface area (Å²) in [6, 6.07) is 13.0. The fourth-order valence-electron chi connectivity index (χ4n) is 3.11. The highest BCUT2D eigenvalue weighted by molar-refractivity contribution is 5.88. The van der Waals surface area contributed by atoms with Gasteiger partial charge in [0, 0.05) is 18.7 Å². The average Bonchev–Trinajstić information content (AvgIpc) is 2.91. The van der Waals surface area contributed by atoms with Crippen LogP contribution in [0.2, 0.25) is 0 Å². The summed E-state index contributed by atoms with van der Waals surface area (Å²) in [5, 5.41) is 2.75. The molecule has 1 N–H and O–H groups in total. The van der Waals surface area contributed by atoms with Gasteiger partial charge in [-0.3, -0.25) is 4.79 Å². The van der Waals surface area contributed by atoms with Crippen LogP contribution in [0.1, 0.15) is 48.2 Å². The van der Waals surface area contributed by atoms with Crippen LogP contribution in [0, 0.1) is 0 Å². The van der Waals surface area contributed by atoms with E-state index in [4.69, 9.17) is 14.2 Å². The molecule has 0 bridgehead atoms. The molecular formula is C26H28N4O6. The zero-order valence-electron chi connectivity index (χ0n) is 20.4. The van der Waals surface area contributed by atoms with E-state index in [1.807, 2.05) is 6.92 Å². The molecule has 10 nitrogen and oxygen atoms in total. The summed E-state index contributed by atoms with van der Waals surface area (Å²) in [6.07, 6.45) is 0.806. The molecule has 1 amide bonds. The summed E-state index contributed by atoms with van der Waals surface area (Å²) in [4.78, 5) is 49.8. The van der Waals surface area contributed by atoms with E-state index in [-0.39, 0.29) is 37.1 Å². The van der Waals surface area contributed by atoms with Gasteiger partial charge < -0.3 is 19.5 Å². The van der Waals surface area contributed by atoms with Gasteiger partial charge in [0.25, 0.3) is 5.91 Å². The van der Waals surface area contributed by atoms with Crippen LogP contribution in [0.4, 0.5) is 0 Å². The van der Waals surface area contributed by atoms with Gasteiger partial charge in [0.2, 0.25) is 0 Å². The molecule has 0 saturated heterocycles. The number of amides is 1. The number of ether oxygens (including phenoxy) is 3. The quantitative estimate of drug-likeness (QED) is 0.400. The third-order valence-electron chi connectivity index (χ3n) is 4.73. The Morgan fingerprint density at radius 1 is 0.750 bits per heavy atom. The molecule has 0 saturated carbocycles. The number of carbonyl (C=O) groups is 3. The third-order valence-corrected chi connectivity index (χ3v) is 4.73. The van der Waals surface area contributed by atoms with Gasteiger partial charge in [-0.1, -0.05) is 19.1 Å². The second-order valence-corrected chi connectivity index (χ2v) is 7.47. The molecule has 0 aromatic carbocycles. The van der Waals surface area contributed by atoms with Gasteiger partial charge in [-0.05, 0) is 44.5 Å². The number of hydrogen-bond donors (Lipinski definition) is 1. The van der Waals surface area contributed by atoms with Crippen LogP contribution in [-0.4, -0.2) is 59.2 Å². The third kappa shape index (κ3) is 7.08. The monoisotopic (exact) mass is 492 g/mol. The Balaban J connectivity index is 2.01. The summed E-state index contributed by atoms with van der Waals surface area (Å²) < 4.78 is 15.8. The Kier molecular flexibility index (Phi) is 9.44. The lowest BCUT2D eigenvalue weighted by Gasteiger charge is -2.12. The zero-order valence-corrected chi connectivity index (χ0v) is 20.4. The Bertz CT molecular complexity index is 1150. The van der Waals surface area contributed by atoms with Crippen molar-refractivity contribution in [2.75, 3.05) is 26.4 Å². The summed E-state index contributed by atoms with van der Waals surface area (Å²) in [5.74, 6) is -1.03. The van der Waals surface area contributed by atoms with Crippen LogP contribution in [0.3, 0.4) is 0 Å². The van der Waals surface area contributed by atoms with E-state index in [1.54, 1.807) is 62.4 Å². The van der Waals surface area contributed by atoms with Crippen molar-refractivity contribution in [2.45, 2.75) is 27.2 Å². The fourth-order valence-corrected chi connectivity index (χ4v) is 3.11. The number of rotatable bonds is 11. The van der Waals surface area contributed by atoms with E-state index >= 15 is 0 Å². The summed E-state index contributed by atoms with van der Waals surface area (Å²) in [6.45, 7) is 6.17. The van der Waals surface area contributed by atoms with E-state index in [0.29, 0.717) is 35.1 Å². The molecule has 0 aliphatic heterocycles. The molecule has 0 radical (unpaired) electrons. The first-order chi connectivity index (χ1) is 17.4. The van der Waals surface area contributed by atoms with Crippen molar-refractivity contribution in [3.63, 3.8) is 0 Å². The van der Waals surface area contributed by atoms with E-state index in [0.717, 1.165) is 6.42 Å². The maximum absolute atomic E-state index is 12.2. The van der Waals surface area contributed by atoms with Crippen molar-refractivity contribution < 1.29 is 28.6 Å². The molecule has 0 aliphatic carbocycles. The van der Waals surface area contributed by atoms with Gasteiger partial charge in [0.15, 0.2) is 6.61 Å². The van der Waals surface area contributed by atoms with Crippen LogP contribution < -0.4 is 10.1 Å². The molecule has 3 heterocycles. The Labute approximate surface area is 209 Å². The van der Waals surface area contributed by atoms with Gasteiger partial charge in [-0.15, -0.1) is 0 Å². The lowest BCUT2D eigenvalue weighted by atomic mass is 10.1. The Morgan fingerprint density at radius 3 is 1.75 bits per heavy atom. The minimum atomic E-state index is -0.552. The average molecular weight is 493 g/mol.